The maximum Gasteiger partial charge on any atom is 0.236 e. The highest BCUT2D eigenvalue weighted by Crippen LogP contribution is 2.28. The molecular formula is C16H17ClN2O2S. The van der Waals surface area contributed by atoms with E-state index in [0.29, 0.717) is 18.1 Å². The minimum atomic E-state index is -3.45. The minimum absolute atomic E-state index is 0.163. The second kappa shape index (κ2) is 5.91. The van der Waals surface area contributed by atoms with E-state index in [-0.39, 0.29) is 6.04 Å². The Balaban J connectivity index is 1.83. The number of nitrogens with zero attached hydrogens (tertiary/aromatic N) is 2. The Morgan fingerprint density at radius 1 is 1.18 bits per heavy atom. The van der Waals surface area contributed by atoms with Gasteiger partial charge in [-0.3, -0.25) is 0 Å². The first-order chi connectivity index (χ1) is 10.5. The number of rotatable bonds is 3. The van der Waals surface area contributed by atoms with Gasteiger partial charge in [0.1, 0.15) is 0 Å². The first-order valence-electron chi connectivity index (χ1n) is 7.08. The zero-order valence-corrected chi connectivity index (χ0v) is 13.8. The lowest BCUT2D eigenvalue weighted by atomic mass is 10.2. The van der Waals surface area contributed by atoms with Gasteiger partial charge < -0.3 is 4.57 Å². The molecule has 116 valence electrons. The summed E-state index contributed by atoms with van der Waals surface area (Å²) in [4.78, 5) is 0. The Bertz CT molecular complexity index is 794. The summed E-state index contributed by atoms with van der Waals surface area (Å²) in [5, 5.41) is 1.90. The van der Waals surface area contributed by atoms with E-state index in [9.17, 15) is 8.42 Å². The van der Waals surface area contributed by atoms with Crippen molar-refractivity contribution >= 4 is 27.7 Å². The number of hydrogen-bond acceptors (Lipinski definition) is 2. The Kier molecular flexibility index (Phi) is 4.12. The van der Waals surface area contributed by atoms with Gasteiger partial charge in [0, 0.05) is 35.4 Å². The predicted octanol–water partition coefficient (Wildman–Crippen LogP) is 3.52. The van der Waals surface area contributed by atoms with Crippen molar-refractivity contribution in [1.82, 2.24) is 8.87 Å². The molecule has 2 heterocycles. The molecule has 0 aliphatic carbocycles. The smallest absolute Gasteiger partial charge is 0.236 e. The van der Waals surface area contributed by atoms with Gasteiger partial charge in [0.05, 0.1) is 6.04 Å². The molecule has 1 unspecified atom stereocenters. The van der Waals surface area contributed by atoms with Crippen LogP contribution in [0.25, 0.3) is 6.08 Å². The summed E-state index contributed by atoms with van der Waals surface area (Å²) in [6.07, 6.45) is 3.59. The predicted molar refractivity (Wildman–Crippen MR) is 89.0 cm³/mol. The SMILES string of the molecule is CC1c2cccn2CCN1S(=O)(=O)/C=C/c1ccc(Cl)cc1. The van der Waals surface area contributed by atoms with Crippen LogP contribution in [0.5, 0.6) is 0 Å². The van der Waals surface area contributed by atoms with Crippen molar-refractivity contribution in [3.05, 3.63) is 64.3 Å². The number of fused-ring (bicyclic) bond motifs is 1. The van der Waals surface area contributed by atoms with Crippen LogP contribution >= 0.6 is 11.6 Å². The van der Waals surface area contributed by atoms with Gasteiger partial charge in [-0.15, -0.1) is 0 Å². The van der Waals surface area contributed by atoms with Crippen molar-refractivity contribution < 1.29 is 8.42 Å². The van der Waals surface area contributed by atoms with E-state index >= 15 is 0 Å². The Labute approximate surface area is 135 Å². The molecule has 1 aliphatic heterocycles. The lowest BCUT2D eigenvalue weighted by Crippen LogP contribution is -2.39. The van der Waals surface area contributed by atoms with E-state index in [4.69, 9.17) is 11.6 Å². The van der Waals surface area contributed by atoms with Crippen molar-refractivity contribution in [3.63, 3.8) is 0 Å². The normalized spacial score (nSPS) is 19.5. The van der Waals surface area contributed by atoms with Crippen molar-refractivity contribution in [3.8, 4) is 0 Å². The standard InChI is InChI=1S/C16H17ClN2O2S/c1-13-16-3-2-9-18(16)10-11-19(13)22(20,21)12-8-14-4-6-15(17)7-5-14/h2-9,12-13H,10-11H2,1H3/b12-8+. The highest BCUT2D eigenvalue weighted by atomic mass is 35.5. The summed E-state index contributed by atoms with van der Waals surface area (Å²) in [6, 6.07) is 10.8. The third-order valence-corrected chi connectivity index (χ3v) is 5.80. The number of benzene rings is 1. The molecule has 0 saturated carbocycles. The molecule has 3 rings (SSSR count). The monoisotopic (exact) mass is 336 g/mol. The largest absolute Gasteiger partial charge is 0.349 e. The van der Waals surface area contributed by atoms with Gasteiger partial charge in [-0.25, -0.2) is 8.42 Å². The number of halogens is 1. The average Bonchev–Trinajstić information content (AvgIpc) is 2.96. The molecule has 0 radical (unpaired) electrons. The highest BCUT2D eigenvalue weighted by Gasteiger charge is 2.31. The molecule has 0 bridgehead atoms. The van der Waals surface area contributed by atoms with Crippen LogP contribution in [0.4, 0.5) is 0 Å². The quantitative estimate of drug-likeness (QED) is 0.860. The third kappa shape index (κ3) is 2.97. The zero-order chi connectivity index (χ0) is 15.7. The van der Waals surface area contributed by atoms with Crippen LogP contribution in [0, 0.1) is 0 Å². The molecule has 1 aromatic carbocycles. The second-order valence-corrected chi connectivity index (χ2v) is 7.52. The maximum atomic E-state index is 12.6. The molecule has 0 fully saturated rings. The fraction of sp³-hybridized carbons (Fsp3) is 0.250. The molecule has 4 nitrogen and oxygen atoms in total. The number of aromatic nitrogens is 1. The van der Waals surface area contributed by atoms with Gasteiger partial charge in [0.2, 0.25) is 10.0 Å². The molecule has 0 N–H and O–H groups in total. The molecule has 1 aromatic heterocycles. The van der Waals surface area contributed by atoms with E-state index in [0.717, 1.165) is 11.3 Å². The van der Waals surface area contributed by atoms with Gasteiger partial charge in [0.25, 0.3) is 0 Å². The number of sulfonamides is 1. The van der Waals surface area contributed by atoms with Crippen molar-refractivity contribution in [2.75, 3.05) is 6.54 Å². The molecule has 0 spiro atoms. The van der Waals surface area contributed by atoms with E-state index in [2.05, 4.69) is 4.57 Å². The second-order valence-electron chi connectivity index (χ2n) is 5.31. The van der Waals surface area contributed by atoms with Gasteiger partial charge in [-0.05, 0) is 42.8 Å². The Morgan fingerprint density at radius 2 is 1.91 bits per heavy atom. The molecule has 0 amide bonds. The van der Waals surface area contributed by atoms with E-state index in [1.165, 1.54) is 9.71 Å². The average molecular weight is 337 g/mol. The first kappa shape index (κ1) is 15.3. The molecule has 0 saturated heterocycles. The number of hydrogen-bond donors (Lipinski definition) is 0. The summed E-state index contributed by atoms with van der Waals surface area (Å²) < 4.78 is 28.8. The minimum Gasteiger partial charge on any atom is -0.349 e. The van der Waals surface area contributed by atoms with Crippen LogP contribution in [0.2, 0.25) is 5.02 Å². The molecule has 2 aromatic rings. The fourth-order valence-electron chi connectivity index (χ4n) is 2.72. The van der Waals surface area contributed by atoms with E-state index < -0.39 is 10.0 Å². The van der Waals surface area contributed by atoms with Crippen molar-refractivity contribution in [2.45, 2.75) is 19.5 Å². The van der Waals surface area contributed by atoms with E-state index in [1.54, 1.807) is 30.3 Å². The Morgan fingerprint density at radius 3 is 2.64 bits per heavy atom. The van der Waals surface area contributed by atoms with Crippen LogP contribution in [0.1, 0.15) is 24.2 Å². The van der Waals surface area contributed by atoms with Crippen LogP contribution in [-0.4, -0.2) is 23.8 Å². The third-order valence-electron chi connectivity index (χ3n) is 3.92. The first-order valence-corrected chi connectivity index (χ1v) is 8.96. The summed E-state index contributed by atoms with van der Waals surface area (Å²) in [7, 11) is -3.45. The van der Waals surface area contributed by atoms with Crippen molar-refractivity contribution in [2.24, 2.45) is 0 Å². The molecule has 1 aliphatic rings. The zero-order valence-electron chi connectivity index (χ0n) is 12.2. The molecule has 6 heteroatoms. The van der Waals surface area contributed by atoms with Crippen LogP contribution in [-0.2, 0) is 16.6 Å². The van der Waals surface area contributed by atoms with Gasteiger partial charge >= 0.3 is 0 Å². The highest BCUT2D eigenvalue weighted by molar-refractivity contribution is 7.92. The van der Waals surface area contributed by atoms with Crippen molar-refractivity contribution in [1.29, 1.82) is 0 Å². The van der Waals surface area contributed by atoms with Crippen LogP contribution in [0.15, 0.2) is 48.0 Å². The lowest BCUT2D eigenvalue weighted by molar-refractivity contribution is 0.285. The maximum absolute atomic E-state index is 12.6. The lowest BCUT2D eigenvalue weighted by Gasteiger charge is -2.32. The van der Waals surface area contributed by atoms with Crippen LogP contribution in [0.3, 0.4) is 0 Å². The molecule has 22 heavy (non-hydrogen) atoms. The summed E-state index contributed by atoms with van der Waals surface area (Å²) in [6.45, 7) is 3.08. The molecular weight excluding hydrogens is 320 g/mol. The van der Waals surface area contributed by atoms with E-state index in [1.807, 2.05) is 25.3 Å². The Hall–Kier alpha value is -1.56. The van der Waals surface area contributed by atoms with Gasteiger partial charge in [-0.1, -0.05) is 23.7 Å². The van der Waals surface area contributed by atoms with Gasteiger partial charge in [0.15, 0.2) is 0 Å². The summed E-state index contributed by atoms with van der Waals surface area (Å²) >= 11 is 5.83. The van der Waals surface area contributed by atoms with Gasteiger partial charge in [-0.2, -0.15) is 4.31 Å². The summed E-state index contributed by atoms with van der Waals surface area (Å²) in [5.41, 5.74) is 1.83. The fourth-order valence-corrected chi connectivity index (χ4v) is 4.22. The topological polar surface area (TPSA) is 42.3 Å². The van der Waals surface area contributed by atoms with Crippen LogP contribution < -0.4 is 0 Å². The molecule has 1 atom stereocenters. The summed E-state index contributed by atoms with van der Waals surface area (Å²) in [5.74, 6) is 0.